The molecule has 3 rings (SSSR count). The van der Waals surface area contributed by atoms with Crippen molar-refractivity contribution in [3.8, 4) is 23.0 Å². The summed E-state index contributed by atoms with van der Waals surface area (Å²) in [6.07, 6.45) is 3.26. The molecule has 0 fully saturated rings. The molecule has 0 aliphatic heterocycles. The van der Waals surface area contributed by atoms with Gasteiger partial charge in [0.1, 0.15) is 5.75 Å². The second-order valence-electron chi connectivity index (χ2n) is 5.90. The van der Waals surface area contributed by atoms with E-state index in [-0.39, 0.29) is 17.0 Å². The first kappa shape index (κ1) is 19.9. The monoisotopic (exact) mass is 397 g/mol. The number of hydrogen-bond donors (Lipinski definition) is 0. The fraction of sp³-hybridized carbons (Fsp3) is 0.190. The maximum Gasteiger partial charge on any atom is 0.347 e. The summed E-state index contributed by atoms with van der Waals surface area (Å²) in [6, 6.07) is 8.07. The van der Waals surface area contributed by atoms with Crippen LogP contribution in [0.4, 0.5) is 0 Å². The lowest BCUT2D eigenvalue weighted by atomic mass is 10.1. The Labute approximate surface area is 166 Å². The molecule has 2 aromatic carbocycles. The summed E-state index contributed by atoms with van der Waals surface area (Å²) in [7, 11) is 4.58. The third-order valence-corrected chi connectivity index (χ3v) is 3.98. The molecular formula is C21H19NO7. The van der Waals surface area contributed by atoms with Crippen LogP contribution in [-0.4, -0.2) is 32.3 Å². The second kappa shape index (κ2) is 8.47. The highest BCUT2D eigenvalue weighted by atomic mass is 16.5. The molecule has 150 valence electrons. The number of hydrogen-bond acceptors (Lipinski definition) is 8. The van der Waals surface area contributed by atoms with Crippen LogP contribution in [0.1, 0.15) is 18.4 Å². The van der Waals surface area contributed by atoms with E-state index < -0.39 is 11.6 Å². The highest BCUT2D eigenvalue weighted by Gasteiger charge is 2.12. The van der Waals surface area contributed by atoms with Gasteiger partial charge in [-0.05, 0) is 42.0 Å². The van der Waals surface area contributed by atoms with E-state index in [1.54, 1.807) is 36.4 Å². The van der Waals surface area contributed by atoms with Crippen LogP contribution in [0.5, 0.6) is 23.0 Å². The lowest BCUT2D eigenvalue weighted by Crippen LogP contribution is -2.05. The van der Waals surface area contributed by atoms with E-state index in [9.17, 15) is 9.59 Å². The van der Waals surface area contributed by atoms with E-state index in [0.29, 0.717) is 22.8 Å². The SMILES string of the molecule is COc1cc(C=Cc2nc3ccc(OC(C)=O)cc3c(=O)o2)cc(OC)c1OC. The molecule has 0 unspecified atom stereocenters. The van der Waals surface area contributed by atoms with Crippen LogP contribution in [-0.2, 0) is 4.79 Å². The fourth-order valence-corrected chi connectivity index (χ4v) is 2.73. The standard InChI is InChI=1S/C21H19NO7/c1-12(23)28-14-6-7-16-15(11-14)21(24)29-19(22-16)8-5-13-9-17(25-2)20(27-4)18(10-13)26-3/h5-11H,1-4H3. The van der Waals surface area contributed by atoms with E-state index in [0.717, 1.165) is 5.56 Å². The van der Waals surface area contributed by atoms with Crippen molar-refractivity contribution in [1.29, 1.82) is 0 Å². The van der Waals surface area contributed by atoms with Crippen LogP contribution in [0.2, 0.25) is 0 Å². The molecule has 0 saturated carbocycles. The van der Waals surface area contributed by atoms with Crippen LogP contribution in [0.3, 0.4) is 0 Å². The maximum absolute atomic E-state index is 12.3. The van der Waals surface area contributed by atoms with Crippen molar-refractivity contribution >= 4 is 29.0 Å². The summed E-state index contributed by atoms with van der Waals surface area (Å²) in [5.74, 6) is 1.36. The van der Waals surface area contributed by atoms with Gasteiger partial charge in [-0.25, -0.2) is 9.78 Å². The molecule has 0 aliphatic rings. The minimum Gasteiger partial charge on any atom is -0.493 e. The Morgan fingerprint density at radius 3 is 2.28 bits per heavy atom. The van der Waals surface area contributed by atoms with Crippen LogP contribution >= 0.6 is 0 Å². The van der Waals surface area contributed by atoms with E-state index in [1.165, 1.54) is 34.3 Å². The van der Waals surface area contributed by atoms with Gasteiger partial charge in [-0.15, -0.1) is 0 Å². The number of aromatic nitrogens is 1. The van der Waals surface area contributed by atoms with Crippen molar-refractivity contribution in [1.82, 2.24) is 4.98 Å². The molecule has 0 N–H and O–H groups in total. The van der Waals surface area contributed by atoms with Crippen molar-refractivity contribution in [2.45, 2.75) is 6.92 Å². The average molecular weight is 397 g/mol. The highest BCUT2D eigenvalue weighted by Crippen LogP contribution is 2.38. The summed E-state index contributed by atoms with van der Waals surface area (Å²) in [5.41, 5.74) is 0.560. The highest BCUT2D eigenvalue weighted by molar-refractivity contribution is 5.81. The first-order valence-corrected chi connectivity index (χ1v) is 8.56. The molecule has 29 heavy (non-hydrogen) atoms. The molecule has 1 heterocycles. The van der Waals surface area contributed by atoms with Gasteiger partial charge < -0.3 is 23.4 Å². The Kier molecular flexibility index (Phi) is 5.82. The lowest BCUT2D eigenvalue weighted by molar-refractivity contribution is -0.131. The topological polar surface area (TPSA) is 97.1 Å². The van der Waals surface area contributed by atoms with Gasteiger partial charge in [0.05, 0.1) is 32.2 Å². The van der Waals surface area contributed by atoms with Crippen molar-refractivity contribution < 1.29 is 28.2 Å². The van der Waals surface area contributed by atoms with Crippen molar-refractivity contribution in [2.75, 3.05) is 21.3 Å². The minimum absolute atomic E-state index is 0.122. The van der Waals surface area contributed by atoms with E-state index in [2.05, 4.69) is 4.98 Å². The number of benzene rings is 2. The molecule has 0 amide bonds. The summed E-state index contributed by atoms with van der Waals surface area (Å²) >= 11 is 0. The zero-order valence-corrected chi connectivity index (χ0v) is 16.3. The molecule has 0 aliphatic carbocycles. The van der Waals surface area contributed by atoms with Crippen LogP contribution in [0.25, 0.3) is 23.1 Å². The summed E-state index contributed by atoms with van der Waals surface area (Å²) in [4.78, 5) is 27.7. The van der Waals surface area contributed by atoms with Crippen LogP contribution in [0, 0.1) is 0 Å². The van der Waals surface area contributed by atoms with Gasteiger partial charge >= 0.3 is 11.6 Å². The molecule has 8 heteroatoms. The number of carbonyl (C=O) groups excluding carboxylic acids is 1. The van der Waals surface area contributed by atoms with E-state index in [4.69, 9.17) is 23.4 Å². The van der Waals surface area contributed by atoms with Gasteiger partial charge in [0.2, 0.25) is 11.6 Å². The Morgan fingerprint density at radius 2 is 1.69 bits per heavy atom. The fourth-order valence-electron chi connectivity index (χ4n) is 2.73. The van der Waals surface area contributed by atoms with Gasteiger partial charge in [0.25, 0.3) is 0 Å². The third-order valence-electron chi connectivity index (χ3n) is 3.98. The Bertz CT molecular complexity index is 1120. The first-order valence-electron chi connectivity index (χ1n) is 8.56. The predicted molar refractivity (Wildman–Crippen MR) is 107 cm³/mol. The van der Waals surface area contributed by atoms with Gasteiger partial charge in [0.15, 0.2) is 11.5 Å². The number of fused-ring (bicyclic) bond motifs is 1. The summed E-state index contributed by atoms with van der Waals surface area (Å²) in [6.45, 7) is 1.28. The van der Waals surface area contributed by atoms with E-state index >= 15 is 0 Å². The Morgan fingerprint density at radius 1 is 1.00 bits per heavy atom. The quantitative estimate of drug-likeness (QED) is 0.462. The zero-order valence-electron chi connectivity index (χ0n) is 16.3. The first-order chi connectivity index (χ1) is 13.9. The molecule has 8 nitrogen and oxygen atoms in total. The van der Waals surface area contributed by atoms with Gasteiger partial charge in [-0.2, -0.15) is 0 Å². The van der Waals surface area contributed by atoms with Crippen molar-refractivity contribution in [3.63, 3.8) is 0 Å². The smallest absolute Gasteiger partial charge is 0.347 e. The minimum atomic E-state index is -0.589. The zero-order chi connectivity index (χ0) is 21.0. The molecule has 0 saturated heterocycles. The Balaban J connectivity index is 1.97. The Hall–Kier alpha value is -3.81. The number of esters is 1. The molecule has 0 spiro atoms. The molecule has 0 bridgehead atoms. The lowest BCUT2D eigenvalue weighted by Gasteiger charge is -2.12. The van der Waals surface area contributed by atoms with Gasteiger partial charge in [-0.1, -0.05) is 0 Å². The normalized spacial score (nSPS) is 10.9. The maximum atomic E-state index is 12.3. The van der Waals surface area contributed by atoms with Crippen molar-refractivity contribution in [3.05, 3.63) is 52.2 Å². The molecule has 0 radical (unpaired) electrons. The van der Waals surface area contributed by atoms with Crippen molar-refractivity contribution in [2.24, 2.45) is 0 Å². The molecular weight excluding hydrogens is 378 g/mol. The number of rotatable bonds is 6. The average Bonchev–Trinajstić information content (AvgIpc) is 2.71. The van der Waals surface area contributed by atoms with E-state index in [1.807, 2.05) is 0 Å². The number of carbonyl (C=O) groups is 1. The predicted octanol–water partition coefficient (Wildman–Crippen LogP) is 3.31. The van der Waals surface area contributed by atoms with Crippen LogP contribution in [0.15, 0.2) is 39.5 Å². The number of methoxy groups -OCH3 is 3. The largest absolute Gasteiger partial charge is 0.493 e. The number of ether oxygens (including phenoxy) is 4. The van der Waals surface area contributed by atoms with Crippen LogP contribution < -0.4 is 24.6 Å². The third kappa shape index (κ3) is 4.37. The number of nitrogens with zero attached hydrogens (tertiary/aromatic N) is 1. The molecule has 3 aromatic rings. The molecule has 1 aromatic heterocycles. The molecule has 0 atom stereocenters. The second-order valence-corrected chi connectivity index (χ2v) is 5.90. The van der Waals surface area contributed by atoms with Gasteiger partial charge in [-0.3, -0.25) is 4.79 Å². The van der Waals surface area contributed by atoms with Gasteiger partial charge in [0, 0.05) is 13.0 Å². The summed E-state index contributed by atoms with van der Waals surface area (Å²) in [5, 5.41) is 0.216. The summed E-state index contributed by atoms with van der Waals surface area (Å²) < 4.78 is 26.2.